The van der Waals surface area contributed by atoms with E-state index in [9.17, 15) is 18.0 Å². The molecule has 0 bridgehead atoms. The van der Waals surface area contributed by atoms with Crippen LogP contribution in [-0.2, 0) is 17.3 Å². The number of carbonyl (C=O) groups is 1. The molecule has 2 unspecified atom stereocenters. The van der Waals surface area contributed by atoms with Crippen LogP contribution in [0.15, 0.2) is 66.1 Å². The molecule has 8 nitrogen and oxygen atoms in total. The number of halogens is 3. The van der Waals surface area contributed by atoms with Gasteiger partial charge in [-0.3, -0.25) is 14.8 Å². The molecule has 0 aliphatic carbocycles. The molecule has 0 spiro atoms. The number of amides is 1. The number of piperidine rings is 2. The van der Waals surface area contributed by atoms with Gasteiger partial charge < -0.3 is 25.6 Å². The van der Waals surface area contributed by atoms with Gasteiger partial charge in [-0.2, -0.15) is 13.2 Å². The van der Waals surface area contributed by atoms with E-state index in [2.05, 4.69) is 38.2 Å². The van der Waals surface area contributed by atoms with E-state index in [1.54, 1.807) is 24.8 Å². The number of alkyl halides is 3. The molecule has 2 aliphatic heterocycles. The first-order chi connectivity index (χ1) is 20.9. The molecule has 2 atom stereocenters. The number of rotatable bonds is 6. The second kappa shape index (κ2) is 14.3. The summed E-state index contributed by atoms with van der Waals surface area (Å²) in [7, 11) is 5.36. The summed E-state index contributed by atoms with van der Waals surface area (Å²) in [6, 6.07) is 9.62. The van der Waals surface area contributed by atoms with Crippen molar-refractivity contribution >= 4 is 17.7 Å². The van der Waals surface area contributed by atoms with Gasteiger partial charge in [0.05, 0.1) is 29.3 Å². The number of ether oxygens (including phenoxy) is 1. The van der Waals surface area contributed by atoms with Crippen LogP contribution in [0, 0.1) is 0 Å². The molecule has 3 aromatic rings. The third kappa shape index (κ3) is 7.90. The van der Waals surface area contributed by atoms with Gasteiger partial charge in [0, 0.05) is 42.8 Å². The molecule has 5 rings (SSSR count). The normalized spacial score (nSPS) is 22.9. The Morgan fingerprint density at radius 3 is 2.14 bits per heavy atom. The lowest BCUT2D eigenvalue weighted by Gasteiger charge is -2.42. The standard InChI is InChI=1S/C21H24F3N3O2S.C11H17N3/c1-27-9-5-7-20(13-27,14-6-4-8-25-12-14)26-19(28)18-16(29-2)10-15(21(22,23)24)11-17(18)30-3;1-14-7-3-5-11(12,9-14)10-4-2-6-13-8-10/h4,6,8,10-12H,5,7,9,13H2,1-3H3,(H,26,28);2,4,6,8H,3,5,7,9,12H2,1H3. The number of hydrogen-bond donors (Lipinski definition) is 2. The minimum absolute atomic E-state index is 0.0998. The van der Waals surface area contributed by atoms with Crippen molar-refractivity contribution in [3.8, 4) is 5.75 Å². The first-order valence-electron chi connectivity index (χ1n) is 14.5. The monoisotopic (exact) mass is 630 g/mol. The maximum absolute atomic E-state index is 13.4. The average molecular weight is 631 g/mol. The van der Waals surface area contributed by atoms with Crippen molar-refractivity contribution in [2.24, 2.45) is 5.73 Å². The zero-order chi connectivity index (χ0) is 32.0. The summed E-state index contributed by atoms with van der Waals surface area (Å²) in [5.41, 5.74) is 6.78. The number of likely N-dealkylation sites (N-methyl/N-ethyl adjacent to an activating group) is 2. The molecule has 44 heavy (non-hydrogen) atoms. The Morgan fingerprint density at radius 2 is 1.61 bits per heavy atom. The van der Waals surface area contributed by atoms with Gasteiger partial charge in [0.2, 0.25) is 0 Å². The van der Waals surface area contributed by atoms with E-state index >= 15 is 0 Å². The van der Waals surface area contributed by atoms with Crippen molar-refractivity contribution in [2.45, 2.75) is 47.8 Å². The number of methoxy groups -OCH3 is 1. The molecule has 1 aromatic carbocycles. The number of likely N-dealkylation sites (tertiary alicyclic amines) is 2. The van der Waals surface area contributed by atoms with E-state index < -0.39 is 23.2 Å². The molecule has 1 amide bonds. The number of nitrogens with one attached hydrogen (secondary N) is 1. The third-order valence-corrected chi connectivity index (χ3v) is 9.02. The Hall–Kier alpha value is -3.19. The highest BCUT2D eigenvalue weighted by Crippen LogP contribution is 2.39. The number of hydrogen-bond acceptors (Lipinski definition) is 8. The highest BCUT2D eigenvalue weighted by atomic mass is 32.2. The topological polar surface area (TPSA) is 96.6 Å². The molecular weight excluding hydrogens is 589 g/mol. The number of nitrogens with zero attached hydrogens (tertiary/aromatic N) is 4. The molecule has 2 aliphatic rings. The second-order valence-corrected chi connectivity index (χ2v) is 12.5. The lowest BCUT2D eigenvalue weighted by atomic mass is 9.82. The van der Waals surface area contributed by atoms with Gasteiger partial charge in [-0.15, -0.1) is 11.8 Å². The van der Waals surface area contributed by atoms with Crippen LogP contribution in [0.4, 0.5) is 13.2 Å². The van der Waals surface area contributed by atoms with Crippen molar-refractivity contribution in [2.75, 3.05) is 53.6 Å². The average Bonchev–Trinajstić information content (AvgIpc) is 3.01. The Labute approximate surface area is 261 Å². The molecule has 2 aromatic heterocycles. The third-order valence-electron chi connectivity index (χ3n) is 8.26. The summed E-state index contributed by atoms with van der Waals surface area (Å²) in [4.78, 5) is 26.3. The number of carbonyl (C=O) groups excluding carboxylic acids is 1. The Bertz CT molecular complexity index is 1370. The molecule has 3 N–H and O–H groups in total. The van der Waals surface area contributed by atoms with Crippen LogP contribution in [-0.4, -0.2) is 79.3 Å². The second-order valence-electron chi connectivity index (χ2n) is 11.6. The number of nitrogens with two attached hydrogens (primary N) is 1. The Balaban J connectivity index is 0.000000262. The fraction of sp³-hybridized carbons (Fsp3) is 0.469. The quantitative estimate of drug-likeness (QED) is 0.362. The van der Waals surface area contributed by atoms with Crippen LogP contribution < -0.4 is 15.8 Å². The maximum atomic E-state index is 13.4. The van der Waals surface area contributed by atoms with Crippen molar-refractivity contribution in [3.63, 3.8) is 0 Å². The maximum Gasteiger partial charge on any atom is 0.416 e. The summed E-state index contributed by atoms with van der Waals surface area (Å²) < 4.78 is 45.0. The number of pyridine rings is 2. The highest BCUT2D eigenvalue weighted by Gasteiger charge is 2.40. The van der Waals surface area contributed by atoms with E-state index in [1.165, 1.54) is 13.5 Å². The highest BCUT2D eigenvalue weighted by molar-refractivity contribution is 7.98. The van der Waals surface area contributed by atoms with Crippen molar-refractivity contribution in [3.05, 3.63) is 83.4 Å². The van der Waals surface area contributed by atoms with Gasteiger partial charge in [0.1, 0.15) is 5.75 Å². The summed E-state index contributed by atoms with van der Waals surface area (Å²) in [5, 5.41) is 3.11. The summed E-state index contributed by atoms with van der Waals surface area (Å²) >= 11 is 1.08. The fourth-order valence-corrected chi connectivity index (χ4v) is 6.74. The number of benzene rings is 1. The van der Waals surface area contributed by atoms with Gasteiger partial charge in [-0.05, 0) is 94.5 Å². The number of thioether (sulfide) groups is 1. The fourth-order valence-electron chi connectivity index (χ4n) is 6.10. The first kappa shape index (κ1) is 33.7. The molecule has 238 valence electrons. The summed E-state index contributed by atoms with van der Waals surface area (Å²) in [6.07, 6.45) is 7.96. The SMILES string of the molecule is CN1CCCC(N)(c2cccnc2)C1.COc1cc(C(F)(F)F)cc(SC)c1C(=O)NC1(c2cccnc2)CCCN(C)C1. The van der Waals surface area contributed by atoms with Gasteiger partial charge in [-0.1, -0.05) is 12.1 Å². The molecular formula is C32H41F3N6O2S. The van der Waals surface area contributed by atoms with Gasteiger partial charge in [0.15, 0.2) is 0 Å². The van der Waals surface area contributed by atoms with Crippen molar-refractivity contribution in [1.82, 2.24) is 25.1 Å². The van der Waals surface area contributed by atoms with Gasteiger partial charge in [-0.25, -0.2) is 0 Å². The van der Waals surface area contributed by atoms with Gasteiger partial charge >= 0.3 is 6.18 Å². The molecule has 2 saturated heterocycles. The zero-order valence-electron chi connectivity index (χ0n) is 25.7. The van der Waals surface area contributed by atoms with Crippen LogP contribution in [0.3, 0.4) is 0 Å². The molecule has 2 fully saturated rings. The lowest BCUT2D eigenvalue weighted by molar-refractivity contribution is -0.137. The summed E-state index contributed by atoms with van der Waals surface area (Å²) in [5.74, 6) is -0.568. The minimum atomic E-state index is -4.53. The summed E-state index contributed by atoms with van der Waals surface area (Å²) in [6.45, 7) is 3.55. The van der Waals surface area contributed by atoms with Crippen LogP contribution in [0.5, 0.6) is 5.75 Å². The molecule has 0 radical (unpaired) electrons. The first-order valence-corrected chi connectivity index (χ1v) is 15.8. The molecule has 4 heterocycles. The van der Waals surface area contributed by atoms with E-state index in [0.29, 0.717) is 13.0 Å². The van der Waals surface area contributed by atoms with Crippen molar-refractivity contribution in [1.29, 1.82) is 0 Å². The lowest BCUT2D eigenvalue weighted by Crippen LogP contribution is -2.55. The predicted octanol–water partition coefficient (Wildman–Crippen LogP) is 5.14. The molecule has 0 saturated carbocycles. The van der Waals surface area contributed by atoms with Crippen LogP contribution in [0.1, 0.15) is 52.7 Å². The van der Waals surface area contributed by atoms with Crippen LogP contribution in [0.25, 0.3) is 0 Å². The van der Waals surface area contributed by atoms with E-state index in [4.69, 9.17) is 10.5 Å². The number of aromatic nitrogens is 2. The van der Waals surface area contributed by atoms with E-state index in [1.807, 2.05) is 31.4 Å². The molecule has 12 heteroatoms. The predicted molar refractivity (Wildman–Crippen MR) is 167 cm³/mol. The Morgan fingerprint density at radius 1 is 1.00 bits per heavy atom. The van der Waals surface area contributed by atoms with Crippen LogP contribution >= 0.6 is 11.8 Å². The Kier molecular flexibility index (Phi) is 10.9. The largest absolute Gasteiger partial charge is 0.496 e. The van der Waals surface area contributed by atoms with E-state index in [0.717, 1.165) is 67.5 Å². The smallest absolute Gasteiger partial charge is 0.416 e. The van der Waals surface area contributed by atoms with E-state index in [-0.39, 0.29) is 21.7 Å². The van der Waals surface area contributed by atoms with Crippen LogP contribution in [0.2, 0.25) is 0 Å². The van der Waals surface area contributed by atoms with Gasteiger partial charge in [0.25, 0.3) is 5.91 Å². The minimum Gasteiger partial charge on any atom is -0.496 e. The van der Waals surface area contributed by atoms with Crippen molar-refractivity contribution < 1.29 is 22.7 Å². The zero-order valence-corrected chi connectivity index (χ0v) is 26.5.